The van der Waals surface area contributed by atoms with Gasteiger partial charge >= 0.3 is 0 Å². The summed E-state index contributed by atoms with van der Waals surface area (Å²) in [5.74, 6) is 2.82. The molecule has 2 N–H and O–H groups in total. The van der Waals surface area contributed by atoms with Crippen molar-refractivity contribution in [3.8, 4) is 11.5 Å². The Morgan fingerprint density at radius 2 is 1.76 bits per heavy atom. The van der Waals surface area contributed by atoms with Gasteiger partial charge in [0.1, 0.15) is 5.82 Å². The van der Waals surface area contributed by atoms with Crippen LogP contribution in [-0.4, -0.2) is 44.4 Å². The minimum absolute atomic E-state index is 0.617. The standard InChI is InChI=1S/C18H26N4O3/c1-13-10-17(22-18(21-13)19-8-5-9-23-2)20-12-14-6-7-15(24-3)16(11-14)25-4/h6-7,10-11H,5,8-9,12H2,1-4H3,(H2,19,20,21,22). The first-order valence-electron chi connectivity index (χ1n) is 8.19. The highest BCUT2D eigenvalue weighted by Gasteiger charge is 2.06. The zero-order valence-electron chi connectivity index (χ0n) is 15.3. The first-order chi connectivity index (χ1) is 12.2. The molecule has 0 radical (unpaired) electrons. The molecule has 7 heteroatoms. The topological polar surface area (TPSA) is 77.5 Å². The lowest BCUT2D eigenvalue weighted by Crippen LogP contribution is -2.10. The molecule has 136 valence electrons. The Morgan fingerprint density at radius 3 is 2.48 bits per heavy atom. The van der Waals surface area contributed by atoms with Crippen LogP contribution in [0.25, 0.3) is 0 Å². The number of aromatic nitrogens is 2. The van der Waals surface area contributed by atoms with Crippen molar-refractivity contribution in [2.75, 3.05) is 45.1 Å². The second kappa shape index (κ2) is 9.68. The van der Waals surface area contributed by atoms with Crippen LogP contribution in [-0.2, 0) is 11.3 Å². The zero-order valence-corrected chi connectivity index (χ0v) is 15.3. The van der Waals surface area contributed by atoms with E-state index < -0.39 is 0 Å². The normalized spacial score (nSPS) is 10.4. The quantitative estimate of drug-likeness (QED) is 0.641. The first-order valence-corrected chi connectivity index (χ1v) is 8.19. The van der Waals surface area contributed by atoms with Gasteiger partial charge < -0.3 is 24.8 Å². The maximum atomic E-state index is 5.33. The van der Waals surface area contributed by atoms with Gasteiger partial charge in [0.15, 0.2) is 11.5 Å². The first kappa shape index (κ1) is 18.8. The maximum absolute atomic E-state index is 5.33. The van der Waals surface area contributed by atoms with Gasteiger partial charge in [-0.2, -0.15) is 4.98 Å². The van der Waals surface area contributed by atoms with Gasteiger partial charge in [0.2, 0.25) is 5.95 Å². The largest absolute Gasteiger partial charge is 0.493 e. The average molecular weight is 346 g/mol. The summed E-state index contributed by atoms with van der Waals surface area (Å²) in [5, 5.41) is 6.53. The molecule has 0 aliphatic rings. The van der Waals surface area contributed by atoms with Crippen LogP contribution < -0.4 is 20.1 Å². The van der Waals surface area contributed by atoms with Gasteiger partial charge in [0.05, 0.1) is 14.2 Å². The lowest BCUT2D eigenvalue weighted by molar-refractivity contribution is 0.197. The van der Waals surface area contributed by atoms with Crippen molar-refractivity contribution >= 4 is 11.8 Å². The number of nitrogens with zero attached hydrogens (tertiary/aromatic N) is 2. The number of ether oxygens (including phenoxy) is 3. The molecular formula is C18H26N4O3. The Hall–Kier alpha value is -2.54. The number of aryl methyl sites for hydroxylation is 1. The van der Waals surface area contributed by atoms with Gasteiger partial charge in [-0.25, -0.2) is 4.98 Å². The molecular weight excluding hydrogens is 320 g/mol. The minimum atomic E-state index is 0.617. The van der Waals surface area contributed by atoms with Gasteiger partial charge in [-0.3, -0.25) is 0 Å². The van der Waals surface area contributed by atoms with E-state index >= 15 is 0 Å². The summed E-state index contributed by atoms with van der Waals surface area (Å²) in [5.41, 5.74) is 1.97. The Morgan fingerprint density at radius 1 is 0.960 bits per heavy atom. The Bertz CT molecular complexity index is 679. The molecule has 0 amide bonds. The summed E-state index contributed by atoms with van der Waals surface area (Å²) >= 11 is 0. The number of benzene rings is 1. The third kappa shape index (κ3) is 5.79. The fourth-order valence-corrected chi connectivity index (χ4v) is 2.34. The summed E-state index contributed by atoms with van der Waals surface area (Å²) in [6.45, 7) is 4.05. The highest BCUT2D eigenvalue weighted by molar-refractivity contribution is 5.46. The number of anilines is 2. The van der Waals surface area contributed by atoms with E-state index in [1.54, 1.807) is 21.3 Å². The smallest absolute Gasteiger partial charge is 0.224 e. The van der Waals surface area contributed by atoms with Crippen molar-refractivity contribution in [1.82, 2.24) is 9.97 Å². The van der Waals surface area contributed by atoms with Crippen LogP contribution in [0.4, 0.5) is 11.8 Å². The van der Waals surface area contributed by atoms with Crippen LogP contribution in [0.2, 0.25) is 0 Å². The Kier molecular flexibility index (Phi) is 7.28. The SMILES string of the molecule is COCCCNc1nc(C)cc(NCc2ccc(OC)c(OC)c2)n1. The molecule has 1 heterocycles. The third-order valence-corrected chi connectivity index (χ3v) is 3.58. The molecule has 25 heavy (non-hydrogen) atoms. The van der Waals surface area contributed by atoms with E-state index in [0.717, 1.165) is 30.0 Å². The number of hydrogen-bond donors (Lipinski definition) is 2. The van der Waals surface area contributed by atoms with E-state index in [1.807, 2.05) is 31.2 Å². The average Bonchev–Trinajstić information content (AvgIpc) is 2.63. The van der Waals surface area contributed by atoms with E-state index in [4.69, 9.17) is 14.2 Å². The zero-order chi connectivity index (χ0) is 18.1. The number of rotatable bonds is 10. The van der Waals surface area contributed by atoms with E-state index in [9.17, 15) is 0 Å². The lowest BCUT2D eigenvalue weighted by atomic mass is 10.2. The second-order valence-corrected chi connectivity index (χ2v) is 5.53. The fraction of sp³-hybridized carbons (Fsp3) is 0.444. The fourth-order valence-electron chi connectivity index (χ4n) is 2.34. The van der Waals surface area contributed by atoms with Gasteiger partial charge in [-0.1, -0.05) is 6.07 Å². The van der Waals surface area contributed by atoms with Gasteiger partial charge in [-0.15, -0.1) is 0 Å². The van der Waals surface area contributed by atoms with E-state index in [0.29, 0.717) is 30.6 Å². The predicted octanol–water partition coefficient (Wildman–Crippen LogP) is 2.86. The molecule has 0 saturated heterocycles. The van der Waals surface area contributed by atoms with Crippen LogP contribution >= 0.6 is 0 Å². The summed E-state index contributed by atoms with van der Waals surface area (Å²) in [6, 6.07) is 7.75. The monoisotopic (exact) mass is 346 g/mol. The van der Waals surface area contributed by atoms with Crippen molar-refractivity contribution in [3.05, 3.63) is 35.5 Å². The van der Waals surface area contributed by atoms with Crippen molar-refractivity contribution in [3.63, 3.8) is 0 Å². The molecule has 1 aromatic heterocycles. The Balaban J connectivity index is 1.99. The van der Waals surface area contributed by atoms with Crippen LogP contribution in [0, 0.1) is 6.92 Å². The minimum Gasteiger partial charge on any atom is -0.493 e. The molecule has 2 aromatic rings. The maximum Gasteiger partial charge on any atom is 0.224 e. The van der Waals surface area contributed by atoms with Gasteiger partial charge in [-0.05, 0) is 31.0 Å². The molecule has 0 spiro atoms. The number of hydrogen-bond acceptors (Lipinski definition) is 7. The molecule has 7 nitrogen and oxygen atoms in total. The van der Waals surface area contributed by atoms with E-state index in [-0.39, 0.29) is 0 Å². The molecule has 0 bridgehead atoms. The molecule has 0 unspecified atom stereocenters. The van der Waals surface area contributed by atoms with Crippen LogP contribution in [0.1, 0.15) is 17.7 Å². The molecule has 0 saturated carbocycles. The Labute approximate surface area is 148 Å². The summed E-state index contributed by atoms with van der Waals surface area (Å²) in [7, 11) is 4.95. The molecule has 1 aromatic carbocycles. The number of nitrogens with one attached hydrogen (secondary N) is 2. The van der Waals surface area contributed by atoms with Crippen LogP contribution in [0.15, 0.2) is 24.3 Å². The lowest BCUT2D eigenvalue weighted by Gasteiger charge is -2.12. The second-order valence-electron chi connectivity index (χ2n) is 5.53. The van der Waals surface area contributed by atoms with Gasteiger partial charge in [0.25, 0.3) is 0 Å². The van der Waals surface area contributed by atoms with Gasteiger partial charge in [0, 0.05) is 38.6 Å². The molecule has 0 atom stereocenters. The van der Waals surface area contributed by atoms with Crippen molar-refractivity contribution in [2.24, 2.45) is 0 Å². The van der Waals surface area contributed by atoms with Crippen molar-refractivity contribution < 1.29 is 14.2 Å². The molecule has 0 aliphatic carbocycles. The highest BCUT2D eigenvalue weighted by Crippen LogP contribution is 2.27. The van der Waals surface area contributed by atoms with Crippen LogP contribution in [0.3, 0.4) is 0 Å². The summed E-state index contributed by atoms with van der Waals surface area (Å²) in [4.78, 5) is 8.89. The van der Waals surface area contributed by atoms with E-state index in [1.165, 1.54) is 0 Å². The summed E-state index contributed by atoms with van der Waals surface area (Å²) < 4.78 is 15.6. The molecule has 0 fully saturated rings. The third-order valence-electron chi connectivity index (χ3n) is 3.58. The van der Waals surface area contributed by atoms with Crippen molar-refractivity contribution in [2.45, 2.75) is 19.9 Å². The number of methoxy groups -OCH3 is 3. The highest BCUT2D eigenvalue weighted by atomic mass is 16.5. The summed E-state index contributed by atoms with van der Waals surface area (Å²) in [6.07, 6.45) is 0.905. The van der Waals surface area contributed by atoms with Crippen LogP contribution in [0.5, 0.6) is 11.5 Å². The van der Waals surface area contributed by atoms with E-state index in [2.05, 4.69) is 20.6 Å². The predicted molar refractivity (Wildman–Crippen MR) is 98.6 cm³/mol. The van der Waals surface area contributed by atoms with Crippen molar-refractivity contribution in [1.29, 1.82) is 0 Å². The molecule has 2 rings (SSSR count). The molecule has 0 aliphatic heterocycles.